The lowest BCUT2D eigenvalue weighted by Gasteiger charge is -2.08. The maximum Gasteiger partial charge on any atom is 0.156 e. The van der Waals surface area contributed by atoms with Gasteiger partial charge in [-0.15, -0.1) is 0 Å². The first kappa shape index (κ1) is 14.2. The lowest BCUT2D eigenvalue weighted by molar-refractivity contribution is 0.199. The molecule has 0 aliphatic heterocycles. The zero-order chi connectivity index (χ0) is 13.7. The van der Waals surface area contributed by atoms with E-state index in [2.05, 4.69) is 37.4 Å². The van der Waals surface area contributed by atoms with Crippen molar-refractivity contribution in [2.24, 2.45) is 0 Å². The Kier molecular flexibility index (Phi) is 5.07. The fourth-order valence-electron chi connectivity index (χ4n) is 1.79. The van der Waals surface area contributed by atoms with Crippen molar-refractivity contribution in [3.8, 4) is 5.82 Å². The quantitative estimate of drug-likeness (QED) is 0.826. The molecule has 0 aromatic carbocycles. The van der Waals surface area contributed by atoms with Gasteiger partial charge in [0.2, 0.25) is 0 Å². The summed E-state index contributed by atoms with van der Waals surface area (Å²) in [7, 11) is 1.70. The van der Waals surface area contributed by atoms with Crippen molar-refractivity contribution in [1.82, 2.24) is 20.1 Å². The van der Waals surface area contributed by atoms with Crippen molar-refractivity contribution < 1.29 is 4.74 Å². The molecule has 2 rings (SSSR count). The molecule has 0 amide bonds. The normalized spacial score (nSPS) is 10.9. The number of rotatable bonds is 6. The Morgan fingerprint density at radius 1 is 1.42 bits per heavy atom. The molecular weight excluding hydrogens is 308 g/mol. The summed E-state index contributed by atoms with van der Waals surface area (Å²) in [6.07, 6.45) is 5.52. The van der Waals surface area contributed by atoms with Crippen molar-refractivity contribution >= 4 is 15.9 Å². The summed E-state index contributed by atoms with van der Waals surface area (Å²) in [5, 5.41) is 7.54. The number of nitrogens with zero attached hydrogens (tertiary/aromatic N) is 3. The topological polar surface area (TPSA) is 52.0 Å². The van der Waals surface area contributed by atoms with E-state index in [1.807, 2.05) is 19.3 Å². The van der Waals surface area contributed by atoms with Crippen molar-refractivity contribution in [3.05, 3.63) is 40.3 Å². The summed E-state index contributed by atoms with van der Waals surface area (Å²) in [6.45, 7) is 4.38. The number of ether oxygens (including phenoxy) is 1. The highest BCUT2D eigenvalue weighted by Crippen LogP contribution is 2.15. The lowest BCUT2D eigenvalue weighted by atomic mass is 10.2. The van der Waals surface area contributed by atoms with Crippen LogP contribution in [0.1, 0.15) is 11.1 Å². The van der Waals surface area contributed by atoms with Crippen LogP contribution in [0.4, 0.5) is 0 Å². The largest absolute Gasteiger partial charge is 0.383 e. The Labute approximate surface area is 121 Å². The van der Waals surface area contributed by atoms with Crippen LogP contribution in [0.3, 0.4) is 0 Å². The molecule has 0 unspecified atom stereocenters. The molecule has 0 fully saturated rings. The SMILES string of the molecule is COCCNCc1cnc(-n2cc(Br)cn2)c(C)c1. The van der Waals surface area contributed by atoms with Gasteiger partial charge in [0.05, 0.1) is 17.3 Å². The second-order valence-corrected chi connectivity index (χ2v) is 5.17. The van der Waals surface area contributed by atoms with Crippen LogP contribution in [0.15, 0.2) is 29.1 Å². The Balaban J connectivity index is 2.05. The molecule has 19 heavy (non-hydrogen) atoms. The van der Waals surface area contributed by atoms with Gasteiger partial charge in [-0.25, -0.2) is 9.67 Å². The van der Waals surface area contributed by atoms with E-state index < -0.39 is 0 Å². The van der Waals surface area contributed by atoms with E-state index in [-0.39, 0.29) is 0 Å². The number of halogens is 1. The van der Waals surface area contributed by atoms with Gasteiger partial charge in [0, 0.05) is 32.6 Å². The maximum absolute atomic E-state index is 4.99. The minimum absolute atomic E-state index is 0.714. The molecular formula is C13H17BrN4O. The van der Waals surface area contributed by atoms with E-state index in [4.69, 9.17) is 4.74 Å². The van der Waals surface area contributed by atoms with Gasteiger partial charge in [0.25, 0.3) is 0 Å². The summed E-state index contributed by atoms with van der Waals surface area (Å²) >= 11 is 3.38. The average Bonchev–Trinajstić information content (AvgIpc) is 2.81. The number of pyridine rings is 1. The summed E-state index contributed by atoms with van der Waals surface area (Å²) < 4.78 is 7.70. The highest BCUT2D eigenvalue weighted by Gasteiger charge is 2.05. The third-order valence-electron chi connectivity index (χ3n) is 2.69. The molecule has 6 heteroatoms. The van der Waals surface area contributed by atoms with Gasteiger partial charge in [0.15, 0.2) is 5.82 Å². The van der Waals surface area contributed by atoms with Gasteiger partial charge in [-0.05, 0) is 40.0 Å². The van der Waals surface area contributed by atoms with Crippen LogP contribution in [0, 0.1) is 6.92 Å². The van der Waals surface area contributed by atoms with Gasteiger partial charge >= 0.3 is 0 Å². The monoisotopic (exact) mass is 324 g/mol. The molecule has 0 spiro atoms. The number of hydrogen-bond donors (Lipinski definition) is 1. The maximum atomic E-state index is 4.99. The van der Waals surface area contributed by atoms with Crippen LogP contribution in [0.2, 0.25) is 0 Å². The lowest BCUT2D eigenvalue weighted by Crippen LogP contribution is -2.18. The highest BCUT2D eigenvalue weighted by atomic mass is 79.9. The van der Waals surface area contributed by atoms with Crippen LogP contribution < -0.4 is 5.32 Å². The smallest absolute Gasteiger partial charge is 0.156 e. The number of aryl methyl sites for hydroxylation is 1. The minimum Gasteiger partial charge on any atom is -0.383 e. The number of nitrogens with one attached hydrogen (secondary N) is 1. The van der Waals surface area contributed by atoms with Crippen molar-refractivity contribution in [2.45, 2.75) is 13.5 Å². The summed E-state index contributed by atoms with van der Waals surface area (Å²) in [6, 6.07) is 2.12. The highest BCUT2D eigenvalue weighted by molar-refractivity contribution is 9.10. The molecule has 0 saturated heterocycles. The van der Waals surface area contributed by atoms with Crippen molar-refractivity contribution in [3.63, 3.8) is 0 Å². The third kappa shape index (κ3) is 3.86. The average molecular weight is 325 g/mol. The van der Waals surface area contributed by atoms with Gasteiger partial charge in [-0.2, -0.15) is 5.10 Å². The van der Waals surface area contributed by atoms with Crippen LogP contribution in [0.5, 0.6) is 0 Å². The van der Waals surface area contributed by atoms with Crippen LogP contribution in [-0.2, 0) is 11.3 Å². The Morgan fingerprint density at radius 3 is 2.89 bits per heavy atom. The molecule has 2 aromatic heterocycles. The molecule has 1 N–H and O–H groups in total. The standard InChI is InChI=1S/C13H17BrN4O/c1-10-5-11(6-15-3-4-19-2)7-16-13(10)18-9-12(14)8-17-18/h5,7-9,15H,3-4,6H2,1-2H3. The third-order valence-corrected chi connectivity index (χ3v) is 3.10. The first-order valence-electron chi connectivity index (χ1n) is 6.06. The molecule has 0 saturated carbocycles. The van der Waals surface area contributed by atoms with Gasteiger partial charge < -0.3 is 10.1 Å². The number of aromatic nitrogens is 3. The fraction of sp³-hybridized carbons (Fsp3) is 0.385. The van der Waals surface area contributed by atoms with Crippen molar-refractivity contribution in [1.29, 1.82) is 0 Å². The summed E-state index contributed by atoms with van der Waals surface area (Å²) in [4.78, 5) is 4.47. The fourth-order valence-corrected chi connectivity index (χ4v) is 2.07. The molecule has 0 aliphatic rings. The van der Waals surface area contributed by atoms with Crippen LogP contribution >= 0.6 is 15.9 Å². The number of methoxy groups -OCH3 is 1. The van der Waals surface area contributed by atoms with Gasteiger partial charge in [-0.3, -0.25) is 0 Å². The molecule has 102 valence electrons. The van der Waals surface area contributed by atoms with E-state index in [1.54, 1.807) is 18.0 Å². The van der Waals surface area contributed by atoms with E-state index in [0.717, 1.165) is 34.5 Å². The molecule has 0 atom stereocenters. The van der Waals surface area contributed by atoms with Crippen LogP contribution in [-0.4, -0.2) is 35.0 Å². The molecule has 0 aliphatic carbocycles. The van der Waals surface area contributed by atoms with E-state index in [9.17, 15) is 0 Å². The van der Waals surface area contributed by atoms with E-state index in [1.165, 1.54) is 0 Å². The van der Waals surface area contributed by atoms with Crippen LogP contribution in [0.25, 0.3) is 5.82 Å². The zero-order valence-corrected chi connectivity index (χ0v) is 12.6. The minimum atomic E-state index is 0.714. The van der Waals surface area contributed by atoms with Gasteiger partial charge in [-0.1, -0.05) is 0 Å². The summed E-state index contributed by atoms with van der Waals surface area (Å²) in [5.41, 5.74) is 2.25. The molecule has 2 aromatic rings. The zero-order valence-electron chi connectivity index (χ0n) is 11.1. The molecule has 0 radical (unpaired) electrons. The second kappa shape index (κ2) is 6.79. The number of hydrogen-bond acceptors (Lipinski definition) is 4. The Hall–Kier alpha value is -1.24. The first-order valence-corrected chi connectivity index (χ1v) is 6.85. The van der Waals surface area contributed by atoms with Crippen molar-refractivity contribution in [2.75, 3.05) is 20.3 Å². The second-order valence-electron chi connectivity index (χ2n) is 4.26. The van der Waals surface area contributed by atoms with Gasteiger partial charge in [0.1, 0.15) is 0 Å². The summed E-state index contributed by atoms with van der Waals surface area (Å²) in [5.74, 6) is 0.853. The first-order chi connectivity index (χ1) is 9.20. The molecule has 5 nitrogen and oxygen atoms in total. The predicted molar refractivity (Wildman–Crippen MR) is 77.4 cm³/mol. The molecule has 2 heterocycles. The predicted octanol–water partition coefficient (Wildman–Crippen LogP) is 2.07. The molecule has 0 bridgehead atoms. The van der Waals surface area contributed by atoms with E-state index >= 15 is 0 Å². The Morgan fingerprint density at radius 2 is 2.26 bits per heavy atom. The van der Waals surface area contributed by atoms with E-state index in [0.29, 0.717) is 6.61 Å². The Bertz CT molecular complexity index is 541.